The Hall–Kier alpha value is -1.23. The second-order valence-corrected chi connectivity index (χ2v) is 5.11. The molecule has 18 heavy (non-hydrogen) atoms. The maximum Gasteiger partial charge on any atom is 0.191 e. The van der Waals surface area contributed by atoms with Crippen LogP contribution in [-0.4, -0.2) is 30.1 Å². The van der Waals surface area contributed by atoms with Crippen LogP contribution in [0.3, 0.4) is 0 Å². The Bertz CT molecular complexity index is 452. The largest absolute Gasteiger partial charge is 0.480 e. The Morgan fingerprint density at radius 3 is 2.50 bits per heavy atom. The predicted octanol–water partition coefficient (Wildman–Crippen LogP) is 2.72. The van der Waals surface area contributed by atoms with Crippen LogP contribution in [0.2, 0.25) is 0 Å². The molecule has 0 N–H and O–H groups in total. The van der Waals surface area contributed by atoms with E-state index in [1.807, 2.05) is 0 Å². The summed E-state index contributed by atoms with van der Waals surface area (Å²) in [5.41, 5.74) is -0.502. The number of hydrogen-bond acceptors (Lipinski definition) is 2. The molecule has 2 fully saturated rings. The summed E-state index contributed by atoms with van der Waals surface area (Å²) in [6.07, 6.45) is 2.52. The molecule has 0 amide bonds. The average molecular weight is 257 g/mol. The Morgan fingerprint density at radius 1 is 1.06 bits per heavy atom. The average Bonchev–Trinajstić information content (AvgIpc) is 2.60. The summed E-state index contributed by atoms with van der Waals surface area (Å²) in [6.45, 7) is 2.60. The molecule has 2 atom stereocenters. The molecule has 1 aromatic carbocycles. The Morgan fingerprint density at radius 2 is 1.78 bits per heavy atom. The summed E-state index contributed by atoms with van der Waals surface area (Å²) in [5, 5.41) is 0. The molecule has 2 aliphatic heterocycles. The van der Waals surface area contributed by atoms with Gasteiger partial charge in [-0.3, -0.25) is 4.90 Å². The number of nitrogens with zero attached hydrogens (tertiary/aromatic N) is 1. The molecule has 0 spiro atoms. The molecule has 0 saturated carbocycles. The van der Waals surface area contributed by atoms with E-state index in [9.17, 15) is 13.2 Å². The number of piperidine rings is 1. The van der Waals surface area contributed by atoms with Crippen LogP contribution in [0.4, 0.5) is 13.2 Å². The van der Waals surface area contributed by atoms with E-state index < -0.39 is 28.8 Å². The highest BCUT2D eigenvalue weighted by Crippen LogP contribution is 2.37. The van der Waals surface area contributed by atoms with Gasteiger partial charge in [0, 0.05) is 31.6 Å². The molecule has 2 aliphatic rings. The number of rotatable bonds is 2. The van der Waals surface area contributed by atoms with Crippen LogP contribution >= 0.6 is 0 Å². The maximum absolute atomic E-state index is 13.6. The highest BCUT2D eigenvalue weighted by Gasteiger charge is 2.43. The first-order valence-corrected chi connectivity index (χ1v) is 6.14. The zero-order valence-corrected chi connectivity index (χ0v) is 9.89. The van der Waals surface area contributed by atoms with Gasteiger partial charge in [0.05, 0.1) is 0 Å². The molecule has 98 valence electrons. The summed E-state index contributed by atoms with van der Waals surface area (Å²) < 4.78 is 45.6. The van der Waals surface area contributed by atoms with Gasteiger partial charge in [0.2, 0.25) is 0 Å². The van der Waals surface area contributed by atoms with Crippen LogP contribution in [-0.2, 0) is 0 Å². The molecule has 3 rings (SSSR count). The lowest BCUT2D eigenvalue weighted by atomic mass is 9.94. The van der Waals surface area contributed by atoms with Gasteiger partial charge in [0.15, 0.2) is 17.4 Å². The van der Waals surface area contributed by atoms with E-state index in [1.165, 1.54) is 0 Å². The van der Waals surface area contributed by atoms with Crippen molar-refractivity contribution in [2.45, 2.75) is 24.9 Å². The molecule has 2 heterocycles. The van der Waals surface area contributed by atoms with Gasteiger partial charge in [-0.25, -0.2) is 13.2 Å². The minimum atomic E-state index is -0.967. The molecular formula is C13H14F3NO. The lowest BCUT2D eigenvalue weighted by Gasteiger charge is -2.34. The number of ether oxygens (including phenoxy) is 1. The molecular weight excluding hydrogens is 243 g/mol. The molecule has 0 aromatic heterocycles. The zero-order valence-electron chi connectivity index (χ0n) is 9.89. The van der Waals surface area contributed by atoms with Crippen LogP contribution < -0.4 is 4.74 Å². The van der Waals surface area contributed by atoms with Gasteiger partial charge in [-0.05, 0) is 19.4 Å². The van der Waals surface area contributed by atoms with Crippen LogP contribution in [0.1, 0.15) is 19.3 Å². The Balaban J connectivity index is 1.89. The van der Waals surface area contributed by atoms with Crippen LogP contribution in [0.5, 0.6) is 5.75 Å². The SMILES string of the molecule is Fc1cc(F)c(O[C@]23CCCN(CC2)C3)c(F)c1. The normalized spacial score (nSPS) is 30.5. The van der Waals surface area contributed by atoms with Gasteiger partial charge < -0.3 is 4.74 Å². The van der Waals surface area contributed by atoms with Crippen molar-refractivity contribution in [3.63, 3.8) is 0 Å². The third-order valence-electron chi connectivity index (χ3n) is 3.78. The minimum Gasteiger partial charge on any atom is -0.480 e. The first-order chi connectivity index (χ1) is 8.58. The van der Waals surface area contributed by atoms with Crippen molar-refractivity contribution >= 4 is 0 Å². The number of halogens is 3. The first kappa shape index (κ1) is 11.8. The van der Waals surface area contributed by atoms with Crippen LogP contribution in [0.15, 0.2) is 12.1 Å². The number of fused-ring (bicyclic) bond motifs is 2. The Kier molecular flexibility index (Phi) is 2.73. The van der Waals surface area contributed by atoms with Gasteiger partial charge >= 0.3 is 0 Å². The molecule has 1 aromatic rings. The summed E-state index contributed by atoms with van der Waals surface area (Å²) in [4.78, 5) is 2.23. The van der Waals surface area contributed by atoms with E-state index in [0.29, 0.717) is 18.7 Å². The van der Waals surface area contributed by atoms with Crippen molar-refractivity contribution in [3.05, 3.63) is 29.6 Å². The van der Waals surface area contributed by atoms with Crippen molar-refractivity contribution in [2.24, 2.45) is 0 Å². The third-order valence-corrected chi connectivity index (χ3v) is 3.78. The zero-order chi connectivity index (χ0) is 12.8. The number of hydrogen-bond donors (Lipinski definition) is 0. The minimum absolute atomic E-state index is 0.444. The fraction of sp³-hybridized carbons (Fsp3) is 0.538. The van der Waals surface area contributed by atoms with Gasteiger partial charge in [-0.1, -0.05) is 0 Å². The maximum atomic E-state index is 13.6. The first-order valence-electron chi connectivity index (χ1n) is 6.14. The van der Waals surface area contributed by atoms with Gasteiger partial charge in [-0.2, -0.15) is 0 Å². The fourth-order valence-electron chi connectivity index (χ4n) is 2.92. The van der Waals surface area contributed by atoms with E-state index in [2.05, 4.69) is 4.90 Å². The molecule has 2 bridgehead atoms. The van der Waals surface area contributed by atoms with Crippen LogP contribution in [0.25, 0.3) is 0 Å². The highest BCUT2D eigenvalue weighted by molar-refractivity contribution is 5.28. The lowest BCUT2D eigenvalue weighted by Crippen LogP contribution is -2.43. The van der Waals surface area contributed by atoms with Gasteiger partial charge in [0.1, 0.15) is 11.4 Å². The van der Waals surface area contributed by atoms with Crippen molar-refractivity contribution in [2.75, 3.05) is 19.6 Å². The molecule has 2 nitrogen and oxygen atoms in total. The summed E-state index contributed by atoms with van der Waals surface area (Å²) >= 11 is 0. The molecule has 2 saturated heterocycles. The Labute approximate surface area is 103 Å². The van der Waals surface area contributed by atoms with E-state index in [0.717, 1.165) is 32.4 Å². The van der Waals surface area contributed by atoms with Crippen molar-refractivity contribution in [3.8, 4) is 5.75 Å². The van der Waals surface area contributed by atoms with Crippen molar-refractivity contribution in [1.82, 2.24) is 4.90 Å². The standard InChI is InChI=1S/C13H14F3NO/c14-9-6-10(15)12(11(16)7-9)18-13-2-1-4-17(8-13)5-3-13/h6-7H,1-5,8H2/t13-/m1/s1. The second-order valence-electron chi connectivity index (χ2n) is 5.11. The lowest BCUT2D eigenvalue weighted by molar-refractivity contribution is 0.0375. The second kappa shape index (κ2) is 4.16. The topological polar surface area (TPSA) is 12.5 Å². The third kappa shape index (κ3) is 1.96. The quantitative estimate of drug-likeness (QED) is 0.807. The summed E-state index contributed by atoms with van der Waals surface area (Å²) in [6, 6.07) is 1.31. The number of benzene rings is 1. The summed E-state index contributed by atoms with van der Waals surface area (Å²) in [7, 11) is 0. The molecule has 0 aliphatic carbocycles. The summed E-state index contributed by atoms with van der Waals surface area (Å²) in [5.74, 6) is -3.30. The van der Waals surface area contributed by atoms with E-state index >= 15 is 0 Å². The molecule has 5 heteroatoms. The van der Waals surface area contributed by atoms with E-state index in [-0.39, 0.29) is 0 Å². The van der Waals surface area contributed by atoms with Crippen molar-refractivity contribution in [1.29, 1.82) is 0 Å². The van der Waals surface area contributed by atoms with Crippen LogP contribution in [0, 0.1) is 17.5 Å². The van der Waals surface area contributed by atoms with E-state index in [1.54, 1.807) is 0 Å². The predicted molar refractivity (Wildman–Crippen MR) is 60.0 cm³/mol. The van der Waals surface area contributed by atoms with Crippen molar-refractivity contribution < 1.29 is 17.9 Å². The smallest absolute Gasteiger partial charge is 0.191 e. The van der Waals surface area contributed by atoms with E-state index in [4.69, 9.17) is 4.74 Å². The van der Waals surface area contributed by atoms with Gasteiger partial charge in [0.25, 0.3) is 0 Å². The highest BCUT2D eigenvalue weighted by atomic mass is 19.1. The monoisotopic (exact) mass is 257 g/mol. The molecule has 1 unspecified atom stereocenters. The molecule has 0 radical (unpaired) electrons. The fourth-order valence-corrected chi connectivity index (χ4v) is 2.92. The van der Waals surface area contributed by atoms with Gasteiger partial charge in [-0.15, -0.1) is 0 Å².